The van der Waals surface area contributed by atoms with E-state index in [1.54, 1.807) is 0 Å². The van der Waals surface area contributed by atoms with Crippen molar-refractivity contribution in [2.45, 2.75) is 45.2 Å². The molecule has 1 saturated carbocycles. The van der Waals surface area contributed by atoms with E-state index in [0.717, 1.165) is 12.3 Å². The van der Waals surface area contributed by atoms with Gasteiger partial charge in [0, 0.05) is 12.1 Å². The van der Waals surface area contributed by atoms with Gasteiger partial charge in [0.15, 0.2) is 0 Å². The Morgan fingerprint density at radius 2 is 2.18 bits per heavy atom. The van der Waals surface area contributed by atoms with Crippen LogP contribution in [0.15, 0.2) is 0 Å². The zero-order valence-electron chi connectivity index (χ0n) is 7.51. The number of hydrogen-bond donors (Lipinski definition) is 2. The first kappa shape index (κ1) is 9.01. The Morgan fingerprint density at radius 1 is 1.55 bits per heavy atom. The fraction of sp³-hybridized carbons (Fsp3) is 1.00. The van der Waals surface area contributed by atoms with Gasteiger partial charge in [-0.25, -0.2) is 0 Å². The molecule has 0 heterocycles. The Balaban J connectivity index is 2.15. The van der Waals surface area contributed by atoms with Crippen LogP contribution in [-0.4, -0.2) is 23.8 Å². The van der Waals surface area contributed by atoms with Crippen molar-refractivity contribution in [3.8, 4) is 0 Å². The summed E-state index contributed by atoms with van der Waals surface area (Å²) in [7, 11) is 0. The maximum absolute atomic E-state index is 8.91. The summed E-state index contributed by atoms with van der Waals surface area (Å²) in [6.45, 7) is 4.59. The lowest BCUT2D eigenvalue weighted by atomic mass is 10.1. The Kier molecular flexibility index (Phi) is 3.34. The number of aliphatic hydroxyl groups excluding tert-OH is 1. The highest BCUT2D eigenvalue weighted by molar-refractivity contribution is 4.85. The van der Waals surface area contributed by atoms with E-state index in [1.807, 2.05) is 0 Å². The van der Waals surface area contributed by atoms with E-state index in [4.69, 9.17) is 5.11 Å². The summed E-state index contributed by atoms with van der Waals surface area (Å²) in [5, 5.41) is 12.3. The van der Waals surface area contributed by atoms with Crippen molar-refractivity contribution in [2.24, 2.45) is 5.92 Å². The predicted octanol–water partition coefficient (Wildman–Crippen LogP) is 1.15. The highest BCUT2D eigenvalue weighted by Crippen LogP contribution is 2.32. The molecule has 0 spiro atoms. The molecule has 1 fully saturated rings. The SMILES string of the molecule is CC[C@H](CO)N[C@@H](C)C1CC1. The van der Waals surface area contributed by atoms with Crippen molar-refractivity contribution in [3.63, 3.8) is 0 Å². The fourth-order valence-electron chi connectivity index (χ4n) is 1.40. The molecule has 2 atom stereocenters. The quantitative estimate of drug-likeness (QED) is 0.627. The highest BCUT2D eigenvalue weighted by Gasteiger charge is 2.28. The van der Waals surface area contributed by atoms with Crippen LogP contribution in [0.5, 0.6) is 0 Å². The van der Waals surface area contributed by atoms with E-state index in [1.165, 1.54) is 12.8 Å². The lowest BCUT2D eigenvalue weighted by molar-refractivity contribution is 0.226. The average Bonchev–Trinajstić information content (AvgIpc) is 2.81. The normalized spacial score (nSPS) is 23.2. The summed E-state index contributed by atoms with van der Waals surface area (Å²) in [6.07, 6.45) is 3.76. The molecule has 2 heteroatoms. The van der Waals surface area contributed by atoms with E-state index in [0.29, 0.717) is 12.1 Å². The molecule has 1 rings (SSSR count). The van der Waals surface area contributed by atoms with E-state index < -0.39 is 0 Å². The Bertz CT molecular complexity index is 108. The van der Waals surface area contributed by atoms with Crippen molar-refractivity contribution in [1.29, 1.82) is 0 Å². The van der Waals surface area contributed by atoms with Crippen LogP contribution in [0, 0.1) is 5.92 Å². The highest BCUT2D eigenvalue weighted by atomic mass is 16.3. The minimum absolute atomic E-state index is 0.271. The van der Waals surface area contributed by atoms with Crippen LogP contribution in [0.2, 0.25) is 0 Å². The molecule has 0 bridgehead atoms. The molecular formula is C9H19NO. The zero-order chi connectivity index (χ0) is 8.27. The van der Waals surface area contributed by atoms with E-state index in [-0.39, 0.29) is 6.61 Å². The second kappa shape index (κ2) is 4.07. The van der Waals surface area contributed by atoms with Crippen LogP contribution >= 0.6 is 0 Å². The molecule has 0 aromatic carbocycles. The average molecular weight is 157 g/mol. The Morgan fingerprint density at radius 3 is 2.55 bits per heavy atom. The third-order valence-corrected chi connectivity index (χ3v) is 2.54. The molecule has 2 N–H and O–H groups in total. The van der Waals surface area contributed by atoms with E-state index in [9.17, 15) is 0 Å². The standard InChI is InChI=1S/C9H19NO/c1-3-9(6-11)10-7(2)8-4-5-8/h7-11H,3-6H2,1-2H3/t7-,9+/m0/s1. The smallest absolute Gasteiger partial charge is 0.0584 e. The van der Waals surface area contributed by atoms with Gasteiger partial charge in [-0.1, -0.05) is 6.92 Å². The summed E-state index contributed by atoms with van der Waals surface area (Å²) in [4.78, 5) is 0. The summed E-state index contributed by atoms with van der Waals surface area (Å²) in [5.41, 5.74) is 0. The molecular weight excluding hydrogens is 138 g/mol. The molecule has 0 aromatic heterocycles. The van der Waals surface area contributed by atoms with Crippen molar-refractivity contribution >= 4 is 0 Å². The Hall–Kier alpha value is -0.0800. The van der Waals surface area contributed by atoms with Crippen molar-refractivity contribution in [3.05, 3.63) is 0 Å². The van der Waals surface area contributed by atoms with Crippen molar-refractivity contribution < 1.29 is 5.11 Å². The largest absolute Gasteiger partial charge is 0.395 e. The van der Waals surface area contributed by atoms with Crippen LogP contribution in [0.3, 0.4) is 0 Å². The van der Waals surface area contributed by atoms with Gasteiger partial charge in [-0.05, 0) is 32.1 Å². The molecule has 1 aliphatic rings. The van der Waals surface area contributed by atoms with Gasteiger partial charge in [0.05, 0.1) is 6.61 Å². The van der Waals surface area contributed by atoms with Crippen LogP contribution in [-0.2, 0) is 0 Å². The second-order valence-corrected chi connectivity index (χ2v) is 3.58. The Labute approximate surface area is 69.0 Å². The van der Waals surface area contributed by atoms with Crippen LogP contribution < -0.4 is 5.32 Å². The summed E-state index contributed by atoms with van der Waals surface area (Å²) >= 11 is 0. The van der Waals surface area contributed by atoms with Gasteiger partial charge in [-0.2, -0.15) is 0 Å². The minimum atomic E-state index is 0.271. The first-order valence-corrected chi connectivity index (χ1v) is 4.64. The van der Waals surface area contributed by atoms with Gasteiger partial charge in [-0.15, -0.1) is 0 Å². The molecule has 1 aliphatic carbocycles. The molecule has 0 radical (unpaired) electrons. The third kappa shape index (κ3) is 2.80. The van der Waals surface area contributed by atoms with Gasteiger partial charge in [0.2, 0.25) is 0 Å². The molecule has 0 unspecified atom stereocenters. The molecule has 0 aromatic rings. The van der Waals surface area contributed by atoms with Crippen molar-refractivity contribution in [1.82, 2.24) is 5.32 Å². The topological polar surface area (TPSA) is 32.3 Å². The third-order valence-electron chi connectivity index (χ3n) is 2.54. The van der Waals surface area contributed by atoms with Gasteiger partial charge >= 0.3 is 0 Å². The summed E-state index contributed by atoms with van der Waals surface area (Å²) in [5.74, 6) is 0.885. The van der Waals surface area contributed by atoms with Gasteiger partial charge in [-0.3, -0.25) is 0 Å². The number of aliphatic hydroxyl groups is 1. The summed E-state index contributed by atoms with van der Waals surface area (Å²) < 4.78 is 0. The van der Waals surface area contributed by atoms with E-state index >= 15 is 0 Å². The zero-order valence-corrected chi connectivity index (χ0v) is 7.51. The molecule has 0 amide bonds. The predicted molar refractivity (Wildman–Crippen MR) is 46.5 cm³/mol. The molecule has 0 saturated heterocycles. The fourth-order valence-corrected chi connectivity index (χ4v) is 1.40. The number of rotatable bonds is 5. The minimum Gasteiger partial charge on any atom is -0.395 e. The van der Waals surface area contributed by atoms with Gasteiger partial charge in [0.25, 0.3) is 0 Å². The second-order valence-electron chi connectivity index (χ2n) is 3.58. The lowest BCUT2D eigenvalue weighted by Gasteiger charge is -2.19. The van der Waals surface area contributed by atoms with Crippen LogP contribution in [0.25, 0.3) is 0 Å². The molecule has 11 heavy (non-hydrogen) atoms. The van der Waals surface area contributed by atoms with Crippen molar-refractivity contribution in [2.75, 3.05) is 6.61 Å². The summed E-state index contributed by atoms with van der Waals surface area (Å²) in [6, 6.07) is 0.915. The number of hydrogen-bond acceptors (Lipinski definition) is 2. The van der Waals surface area contributed by atoms with Crippen LogP contribution in [0.4, 0.5) is 0 Å². The molecule has 66 valence electrons. The maximum atomic E-state index is 8.91. The first-order valence-electron chi connectivity index (χ1n) is 4.64. The maximum Gasteiger partial charge on any atom is 0.0584 e. The van der Waals surface area contributed by atoms with E-state index in [2.05, 4.69) is 19.2 Å². The monoisotopic (exact) mass is 157 g/mol. The first-order chi connectivity index (χ1) is 5.27. The van der Waals surface area contributed by atoms with Crippen LogP contribution in [0.1, 0.15) is 33.1 Å². The molecule has 2 nitrogen and oxygen atoms in total. The molecule has 0 aliphatic heterocycles. The van der Waals surface area contributed by atoms with Gasteiger partial charge < -0.3 is 10.4 Å². The van der Waals surface area contributed by atoms with Gasteiger partial charge in [0.1, 0.15) is 0 Å². The number of nitrogens with one attached hydrogen (secondary N) is 1. The lowest BCUT2D eigenvalue weighted by Crippen LogP contribution is -2.39.